The third-order valence-electron chi connectivity index (χ3n) is 3.23. The molecule has 1 aliphatic rings. The Morgan fingerprint density at radius 2 is 2.18 bits per heavy atom. The standard InChI is InChI=1S/C9H16O2/c1-3-7(2)9(8(10)11)5-4-6-9/h7H,3-6H2,1-2H3,(H,10,11). The maximum absolute atomic E-state index is 10.9. The lowest BCUT2D eigenvalue weighted by atomic mass is 9.61. The maximum Gasteiger partial charge on any atom is 0.309 e. The summed E-state index contributed by atoms with van der Waals surface area (Å²) in [6.07, 6.45) is 3.84. The van der Waals surface area contributed by atoms with Gasteiger partial charge in [0.1, 0.15) is 0 Å². The van der Waals surface area contributed by atoms with E-state index in [1.165, 1.54) is 0 Å². The predicted molar refractivity (Wildman–Crippen MR) is 43.4 cm³/mol. The third kappa shape index (κ3) is 1.15. The van der Waals surface area contributed by atoms with Gasteiger partial charge in [0, 0.05) is 0 Å². The van der Waals surface area contributed by atoms with E-state index in [1.54, 1.807) is 0 Å². The first kappa shape index (κ1) is 8.57. The van der Waals surface area contributed by atoms with Crippen LogP contribution in [0.3, 0.4) is 0 Å². The molecule has 0 spiro atoms. The fourth-order valence-electron chi connectivity index (χ4n) is 1.87. The topological polar surface area (TPSA) is 37.3 Å². The number of carboxylic acids is 1. The molecule has 0 aromatic rings. The molecule has 0 aromatic carbocycles. The molecule has 2 nitrogen and oxygen atoms in total. The van der Waals surface area contributed by atoms with Crippen LogP contribution in [-0.4, -0.2) is 11.1 Å². The Morgan fingerprint density at radius 1 is 1.64 bits per heavy atom. The third-order valence-corrected chi connectivity index (χ3v) is 3.23. The van der Waals surface area contributed by atoms with Crippen LogP contribution < -0.4 is 0 Å². The van der Waals surface area contributed by atoms with Crippen molar-refractivity contribution in [1.29, 1.82) is 0 Å². The minimum absolute atomic E-state index is 0.341. The summed E-state index contributed by atoms with van der Waals surface area (Å²) in [4.78, 5) is 10.9. The van der Waals surface area contributed by atoms with Crippen molar-refractivity contribution in [3.05, 3.63) is 0 Å². The minimum Gasteiger partial charge on any atom is -0.481 e. The zero-order chi connectivity index (χ0) is 8.48. The van der Waals surface area contributed by atoms with Crippen molar-refractivity contribution in [2.45, 2.75) is 39.5 Å². The van der Waals surface area contributed by atoms with Gasteiger partial charge in [0.05, 0.1) is 5.41 Å². The highest BCUT2D eigenvalue weighted by Gasteiger charge is 2.47. The summed E-state index contributed by atoms with van der Waals surface area (Å²) in [5.41, 5.74) is -0.352. The summed E-state index contributed by atoms with van der Waals surface area (Å²) in [5.74, 6) is -0.244. The van der Waals surface area contributed by atoms with E-state index >= 15 is 0 Å². The van der Waals surface area contributed by atoms with Crippen molar-refractivity contribution in [1.82, 2.24) is 0 Å². The van der Waals surface area contributed by atoms with Gasteiger partial charge < -0.3 is 5.11 Å². The normalized spacial score (nSPS) is 23.8. The molecule has 64 valence electrons. The lowest BCUT2D eigenvalue weighted by molar-refractivity contribution is -0.159. The Morgan fingerprint density at radius 3 is 2.27 bits per heavy atom. The second-order valence-electron chi connectivity index (χ2n) is 3.62. The van der Waals surface area contributed by atoms with Gasteiger partial charge in [-0.1, -0.05) is 26.7 Å². The molecule has 1 aliphatic carbocycles. The van der Waals surface area contributed by atoms with Crippen LogP contribution in [-0.2, 0) is 4.79 Å². The van der Waals surface area contributed by atoms with Crippen molar-refractivity contribution >= 4 is 5.97 Å². The Bertz CT molecular complexity index is 159. The number of carbonyl (C=O) groups is 1. The molecule has 1 atom stereocenters. The summed E-state index contributed by atoms with van der Waals surface area (Å²) in [6, 6.07) is 0. The minimum atomic E-state index is -0.585. The highest BCUT2D eigenvalue weighted by Crippen LogP contribution is 2.48. The first-order chi connectivity index (χ1) is 5.13. The molecule has 1 fully saturated rings. The molecule has 0 aliphatic heterocycles. The number of hydrogen-bond acceptors (Lipinski definition) is 1. The highest BCUT2D eigenvalue weighted by molar-refractivity contribution is 5.76. The van der Waals surface area contributed by atoms with Gasteiger partial charge in [-0.15, -0.1) is 0 Å². The Hall–Kier alpha value is -0.530. The molecule has 0 saturated heterocycles. The molecule has 1 saturated carbocycles. The highest BCUT2D eigenvalue weighted by atomic mass is 16.4. The molecule has 2 heteroatoms. The molecule has 0 radical (unpaired) electrons. The predicted octanol–water partition coefficient (Wildman–Crippen LogP) is 2.29. The van der Waals surface area contributed by atoms with Gasteiger partial charge in [0.15, 0.2) is 0 Å². The number of hydrogen-bond donors (Lipinski definition) is 1. The number of carboxylic acid groups (broad SMARTS) is 1. The lowest BCUT2D eigenvalue weighted by Crippen LogP contribution is -2.43. The quantitative estimate of drug-likeness (QED) is 0.680. The van der Waals surface area contributed by atoms with Crippen molar-refractivity contribution in [2.75, 3.05) is 0 Å². The number of rotatable bonds is 3. The SMILES string of the molecule is CCC(C)C1(C(=O)O)CCC1. The van der Waals surface area contributed by atoms with Gasteiger partial charge >= 0.3 is 5.97 Å². The fraction of sp³-hybridized carbons (Fsp3) is 0.889. The van der Waals surface area contributed by atoms with Crippen LogP contribution in [0.15, 0.2) is 0 Å². The van der Waals surface area contributed by atoms with Gasteiger partial charge in [0.2, 0.25) is 0 Å². The fourth-order valence-corrected chi connectivity index (χ4v) is 1.87. The molecule has 11 heavy (non-hydrogen) atoms. The van der Waals surface area contributed by atoms with E-state index in [4.69, 9.17) is 5.11 Å². The van der Waals surface area contributed by atoms with E-state index in [0.717, 1.165) is 25.7 Å². The first-order valence-electron chi connectivity index (χ1n) is 4.37. The summed E-state index contributed by atoms with van der Waals surface area (Å²) >= 11 is 0. The van der Waals surface area contributed by atoms with Gasteiger partial charge in [-0.3, -0.25) is 4.79 Å². The summed E-state index contributed by atoms with van der Waals surface area (Å²) in [7, 11) is 0. The summed E-state index contributed by atoms with van der Waals surface area (Å²) in [5, 5.41) is 8.99. The van der Waals surface area contributed by atoms with Gasteiger partial charge in [-0.25, -0.2) is 0 Å². The number of aliphatic carboxylic acids is 1. The maximum atomic E-state index is 10.9. The molecule has 0 aromatic heterocycles. The molecule has 0 amide bonds. The van der Waals surface area contributed by atoms with Crippen molar-refractivity contribution in [3.63, 3.8) is 0 Å². The van der Waals surface area contributed by atoms with Crippen LogP contribution in [0.2, 0.25) is 0 Å². The lowest BCUT2D eigenvalue weighted by Gasteiger charge is -2.42. The second-order valence-corrected chi connectivity index (χ2v) is 3.62. The van der Waals surface area contributed by atoms with E-state index in [1.807, 2.05) is 6.92 Å². The van der Waals surface area contributed by atoms with Crippen LogP contribution in [0.1, 0.15) is 39.5 Å². The van der Waals surface area contributed by atoms with E-state index in [9.17, 15) is 4.79 Å². The van der Waals surface area contributed by atoms with E-state index in [2.05, 4.69) is 6.92 Å². The van der Waals surface area contributed by atoms with Crippen LogP contribution in [0.4, 0.5) is 0 Å². The van der Waals surface area contributed by atoms with Crippen LogP contribution in [0.5, 0.6) is 0 Å². The smallest absolute Gasteiger partial charge is 0.309 e. The molecular weight excluding hydrogens is 140 g/mol. The Labute approximate surface area is 67.6 Å². The molecule has 0 heterocycles. The van der Waals surface area contributed by atoms with E-state index in [-0.39, 0.29) is 5.41 Å². The zero-order valence-corrected chi connectivity index (χ0v) is 7.26. The average molecular weight is 156 g/mol. The van der Waals surface area contributed by atoms with Crippen LogP contribution in [0, 0.1) is 11.3 Å². The molecule has 1 rings (SSSR count). The first-order valence-corrected chi connectivity index (χ1v) is 4.37. The second kappa shape index (κ2) is 2.84. The largest absolute Gasteiger partial charge is 0.481 e. The van der Waals surface area contributed by atoms with Crippen molar-refractivity contribution in [2.24, 2.45) is 11.3 Å². The van der Waals surface area contributed by atoms with Crippen molar-refractivity contribution in [3.8, 4) is 0 Å². The monoisotopic (exact) mass is 156 g/mol. The van der Waals surface area contributed by atoms with Crippen molar-refractivity contribution < 1.29 is 9.90 Å². The Balaban J connectivity index is 2.67. The van der Waals surface area contributed by atoms with Gasteiger partial charge in [-0.2, -0.15) is 0 Å². The van der Waals surface area contributed by atoms with Crippen LogP contribution >= 0.6 is 0 Å². The van der Waals surface area contributed by atoms with Crippen LogP contribution in [0.25, 0.3) is 0 Å². The molecule has 1 N–H and O–H groups in total. The summed E-state index contributed by atoms with van der Waals surface area (Å²) in [6.45, 7) is 4.11. The molecular formula is C9H16O2. The van der Waals surface area contributed by atoms with Gasteiger partial charge in [0.25, 0.3) is 0 Å². The Kier molecular flexibility index (Phi) is 2.21. The zero-order valence-electron chi connectivity index (χ0n) is 7.26. The van der Waals surface area contributed by atoms with E-state index in [0.29, 0.717) is 5.92 Å². The molecule has 1 unspecified atom stereocenters. The average Bonchev–Trinajstić information content (AvgIpc) is 1.84. The van der Waals surface area contributed by atoms with E-state index < -0.39 is 5.97 Å². The van der Waals surface area contributed by atoms with Gasteiger partial charge in [-0.05, 0) is 18.8 Å². The molecule has 0 bridgehead atoms. The summed E-state index contributed by atoms with van der Waals surface area (Å²) < 4.78 is 0.